The fourth-order valence-electron chi connectivity index (χ4n) is 4.21. The Kier molecular flexibility index (Phi) is 3.63. The van der Waals surface area contributed by atoms with Crippen molar-refractivity contribution in [2.45, 2.75) is 62.6 Å². The SMILES string of the molecule is CN1C2CCC1CC(CN)(NN1CCCCC1)C2. The average molecular weight is 252 g/mol. The predicted octanol–water partition coefficient (Wildman–Crippen LogP) is 0.931. The quantitative estimate of drug-likeness (QED) is 0.784. The fraction of sp³-hybridized carbons (Fsp3) is 1.00. The standard InChI is InChI=1S/C14H28N4/c1-17-12-5-6-13(17)10-14(9-12,11-15)16-18-7-3-2-4-8-18/h12-13,16H,2-11,15H2,1H3. The van der Waals surface area contributed by atoms with Gasteiger partial charge in [-0.25, -0.2) is 10.4 Å². The van der Waals surface area contributed by atoms with Crippen LogP contribution in [0.4, 0.5) is 0 Å². The summed E-state index contributed by atoms with van der Waals surface area (Å²) in [5.41, 5.74) is 10.1. The largest absolute Gasteiger partial charge is 0.329 e. The first-order valence-electron chi connectivity index (χ1n) is 7.67. The molecule has 0 aliphatic carbocycles. The Labute approximate surface area is 111 Å². The third kappa shape index (κ3) is 2.31. The second kappa shape index (κ2) is 5.08. The molecule has 4 nitrogen and oxygen atoms in total. The van der Waals surface area contributed by atoms with Gasteiger partial charge in [-0.2, -0.15) is 0 Å². The molecule has 3 aliphatic rings. The zero-order valence-electron chi connectivity index (χ0n) is 11.7. The summed E-state index contributed by atoms with van der Waals surface area (Å²) in [6, 6.07) is 1.51. The number of hydrazine groups is 1. The molecule has 4 heteroatoms. The molecule has 18 heavy (non-hydrogen) atoms. The Balaban J connectivity index is 1.67. The van der Waals surface area contributed by atoms with E-state index in [9.17, 15) is 0 Å². The van der Waals surface area contributed by atoms with Crippen molar-refractivity contribution in [1.82, 2.24) is 15.3 Å². The van der Waals surface area contributed by atoms with Gasteiger partial charge in [0.05, 0.1) is 0 Å². The molecule has 3 heterocycles. The zero-order chi connectivity index (χ0) is 12.6. The van der Waals surface area contributed by atoms with Crippen molar-refractivity contribution >= 4 is 0 Å². The van der Waals surface area contributed by atoms with Crippen LogP contribution >= 0.6 is 0 Å². The lowest BCUT2D eigenvalue weighted by atomic mass is 9.83. The highest BCUT2D eigenvalue weighted by Crippen LogP contribution is 2.39. The predicted molar refractivity (Wildman–Crippen MR) is 74.2 cm³/mol. The molecule has 2 unspecified atom stereocenters. The van der Waals surface area contributed by atoms with E-state index in [-0.39, 0.29) is 5.54 Å². The summed E-state index contributed by atoms with van der Waals surface area (Å²) in [4.78, 5) is 2.59. The molecule has 0 saturated carbocycles. The number of fused-ring (bicyclic) bond motifs is 2. The number of nitrogens with one attached hydrogen (secondary N) is 1. The molecule has 0 spiro atoms. The van der Waals surface area contributed by atoms with Crippen LogP contribution in [0.15, 0.2) is 0 Å². The van der Waals surface area contributed by atoms with Crippen LogP contribution < -0.4 is 11.2 Å². The van der Waals surface area contributed by atoms with Gasteiger partial charge in [-0.3, -0.25) is 0 Å². The lowest BCUT2D eigenvalue weighted by molar-refractivity contribution is 0.0192. The van der Waals surface area contributed by atoms with E-state index in [4.69, 9.17) is 5.73 Å². The highest BCUT2D eigenvalue weighted by atomic mass is 15.5. The van der Waals surface area contributed by atoms with E-state index in [1.54, 1.807) is 0 Å². The maximum absolute atomic E-state index is 6.15. The van der Waals surface area contributed by atoms with Crippen LogP contribution in [0.3, 0.4) is 0 Å². The normalized spacial score (nSPS) is 42.3. The Hall–Kier alpha value is -0.160. The van der Waals surface area contributed by atoms with Crippen molar-refractivity contribution in [2.24, 2.45) is 5.73 Å². The number of nitrogens with two attached hydrogens (primary N) is 1. The van der Waals surface area contributed by atoms with E-state index < -0.39 is 0 Å². The van der Waals surface area contributed by atoms with E-state index >= 15 is 0 Å². The third-order valence-electron chi connectivity index (χ3n) is 5.38. The van der Waals surface area contributed by atoms with Gasteiger partial charge in [0.2, 0.25) is 0 Å². The number of hydrogen-bond acceptors (Lipinski definition) is 4. The third-order valence-corrected chi connectivity index (χ3v) is 5.38. The molecule has 3 aliphatic heterocycles. The zero-order valence-corrected chi connectivity index (χ0v) is 11.7. The maximum Gasteiger partial charge on any atom is 0.0477 e. The van der Waals surface area contributed by atoms with Crippen LogP contribution in [0.25, 0.3) is 0 Å². The van der Waals surface area contributed by atoms with Crippen LogP contribution in [-0.4, -0.2) is 54.2 Å². The fourth-order valence-corrected chi connectivity index (χ4v) is 4.21. The van der Waals surface area contributed by atoms with E-state index in [1.165, 1.54) is 58.0 Å². The van der Waals surface area contributed by atoms with Gasteiger partial charge in [-0.15, -0.1) is 0 Å². The first-order chi connectivity index (χ1) is 8.72. The lowest BCUT2D eigenvalue weighted by Gasteiger charge is -2.48. The number of nitrogens with zero attached hydrogens (tertiary/aromatic N) is 2. The monoisotopic (exact) mass is 252 g/mol. The molecule has 3 saturated heterocycles. The summed E-state index contributed by atoms with van der Waals surface area (Å²) < 4.78 is 0. The van der Waals surface area contributed by atoms with Crippen LogP contribution in [0, 0.1) is 0 Å². The first-order valence-corrected chi connectivity index (χ1v) is 7.67. The van der Waals surface area contributed by atoms with Crippen molar-refractivity contribution < 1.29 is 0 Å². The van der Waals surface area contributed by atoms with Gasteiger partial charge < -0.3 is 10.6 Å². The molecular weight excluding hydrogens is 224 g/mol. The Morgan fingerprint density at radius 3 is 2.28 bits per heavy atom. The van der Waals surface area contributed by atoms with Crippen LogP contribution in [0.2, 0.25) is 0 Å². The van der Waals surface area contributed by atoms with E-state index in [0.29, 0.717) is 0 Å². The minimum atomic E-state index is 0.176. The summed E-state index contributed by atoms with van der Waals surface area (Å²) >= 11 is 0. The molecule has 3 fully saturated rings. The highest BCUT2D eigenvalue weighted by molar-refractivity contribution is 5.05. The van der Waals surface area contributed by atoms with Crippen molar-refractivity contribution in [3.63, 3.8) is 0 Å². The summed E-state index contributed by atoms with van der Waals surface area (Å²) in [6.07, 6.45) is 9.25. The van der Waals surface area contributed by atoms with Gasteiger partial charge in [0, 0.05) is 37.3 Å². The maximum atomic E-state index is 6.15. The van der Waals surface area contributed by atoms with Gasteiger partial charge in [-0.1, -0.05) is 6.42 Å². The molecule has 104 valence electrons. The molecule has 0 aromatic rings. The molecule has 0 aromatic heterocycles. The molecule has 3 rings (SSSR count). The molecular formula is C14H28N4. The summed E-state index contributed by atoms with van der Waals surface area (Å²) in [7, 11) is 2.30. The van der Waals surface area contributed by atoms with Crippen molar-refractivity contribution in [3.8, 4) is 0 Å². The van der Waals surface area contributed by atoms with Crippen molar-refractivity contribution in [3.05, 3.63) is 0 Å². The van der Waals surface area contributed by atoms with E-state index in [2.05, 4.69) is 22.4 Å². The summed E-state index contributed by atoms with van der Waals surface area (Å²) in [6.45, 7) is 3.18. The molecule has 2 bridgehead atoms. The van der Waals surface area contributed by atoms with Crippen LogP contribution in [0.5, 0.6) is 0 Å². The van der Waals surface area contributed by atoms with Crippen LogP contribution in [0.1, 0.15) is 44.9 Å². The van der Waals surface area contributed by atoms with Crippen molar-refractivity contribution in [1.29, 1.82) is 0 Å². The second-order valence-corrected chi connectivity index (χ2v) is 6.60. The number of piperidine rings is 2. The summed E-state index contributed by atoms with van der Waals surface area (Å²) in [5.74, 6) is 0. The minimum absolute atomic E-state index is 0.176. The van der Waals surface area contributed by atoms with Gasteiger partial charge in [-0.05, 0) is 45.6 Å². The molecule has 3 N–H and O–H groups in total. The topological polar surface area (TPSA) is 44.5 Å². The van der Waals surface area contributed by atoms with Gasteiger partial charge in [0.25, 0.3) is 0 Å². The van der Waals surface area contributed by atoms with E-state index in [1.807, 2.05) is 0 Å². The molecule has 2 atom stereocenters. The number of rotatable bonds is 3. The number of hydrogen-bond donors (Lipinski definition) is 2. The van der Waals surface area contributed by atoms with E-state index in [0.717, 1.165) is 18.6 Å². The Bertz CT molecular complexity index is 274. The molecule has 0 radical (unpaired) electrons. The molecule has 0 amide bonds. The van der Waals surface area contributed by atoms with Gasteiger partial charge in [0.15, 0.2) is 0 Å². The first kappa shape index (κ1) is 12.9. The molecule has 0 aromatic carbocycles. The second-order valence-electron chi connectivity index (χ2n) is 6.60. The van der Waals surface area contributed by atoms with Gasteiger partial charge in [0.1, 0.15) is 0 Å². The van der Waals surface area contributed by atoms with Crippen molar-refractivity contribution in [2.75, 3.05) is 26.7 Å². The highest BCUT2D eigenvalue weighted by Gasteiger charge is 2.46. The van der Waals surface area contributed by atoms with Crippen LogP contribution in [-0.2, 0) is 0 Å². The lowest BCUT2D eigenvalue weighted by Crippen LogP contribution is -2.65. The van der Waals surface area contributed by atoms with Gasteiger partial charge >= 0.3 is 0 Å². The smallest absolute Gasteiger partial charge is 0.0477 e. The Morgan fingerprint density at radius 2 is 1.72 bits per heavy atom. The average Bonchev–Trinajstić information content (AvgIpc) is 2.64. The summed E-state index contributed by atoms with van der Waals surface area (Å²) in [5, 5.41) is 2.45. The Morgan fingerprint density at radius 1 is 1.11 bits per heavy atom. The minimum Gasteiger partial charge on any atom is -0.329 e.